The standard InChI is InChI=1S/C14H20N4/c15-8-12-9-16-18(10-12)14-6-7-17(11-14)13-4-2-1-3-5-13/h9-10,13-14H,1-7,11H2. The van der Waals surface area contributed by atoms with E-state index in [9.17, 15) is 0 Å². The van der Waals surface area contributed by atoms with E-state index in [2.05, 4.69) is 16.1 Å². The highest BCUT2D eigenvalue weighted by atomic mass is 15.3. The molecule has 1 aromatic rings. The maximum atomic E-state index is 8.84. The van der Waals surface area contributed by atoms with Crippen LogP contribution in [0.3, 0.4) is 0 Å². The quantitative estimate of drug-likeness (QED) is 0.802. The number of hydrogen-bond acceptors (Lipinski definition) is 3. The lowest BCUT2D eigenvalue weighted by molar-refractivity contribution is 0.184. The second-order valence-electron chi connectivity index (χ2n) is 5.55. The average Bonchev–Trinajstić information content (AvgIpc) is 3.08. The van der Waals surface area contributed by atoms with Crippen LogP contribution in [0.15, 0.2) is 12.4 Å². The Morgan fingerprint density at radius 1 is 1.17 bits per heavy atom. The van der Waals surface area contributed by atoms with Crippen molar-refractivity contribution in [3.8, 4) is 6.07 Å². The Morgan fingerprint density at radius 3 is 2.72 bits per heavy atom. The van der Waals surface area contributed by atoms with E-state index in [0.29, 0.717) is 11.6 Å². The fourth-order valence-corrected chi connectivity index (χ4v) is 3.36. The summed E-state index contributed by atoms with van der Waals surface area (Å²) in [4.78, 5) is 2.64. The van der Waals surface area contributed by atoms with Crippen LogP contribution in [-0.4, -0.2) is 33.8 Å². The summed E-state index contributed by atoms with van der Waals surface area (Å²) in [5, 5.41) is 13.2. The first kappa shape index (κ1) is 11.7. The summed E-state index contributed by atoms with van der Waals surface area (Å²) in [5.41, 5.74) is 0.672. The maximum absolute atomic E-state index is 8.84. The lowest BCUT2D eigenvalue weighted by Crippen LogP contribution is -2.35. The van der Waals surface area contributed by atoms with E-state index < -0.39 is 0 Å². The third-order valence-electron chi connectivity index (χ3n) is 4.39. The topological polar surface area (TPSA) is 44.9 Å². The second-order valence-corrected chi connectivity index (χ2v) is 5.55. The van der Waals surface area contributed by atoms with Crippen LogP contribution in [0.2, 0.25) is 0 Å². The molecule has 0 spiro atoms. The van der Waals surface area contributed by atoms with Gasteiger partial charge in [0.2, 0.25) is 0 Å². The molecule has 1 aliphatic carbocycles. The minimum absolute atomic E-state index is 0.467. The molecule has 2 fully saturated rings. The van der Waals surface area contributed by atoms with Gasteiger partial charge in [-0.3, -0.25) is 9.58 Å². The molecule has 18 heavy (non-hydrogen) atoms. The van der Waals surface area contributed by atoms with E-state index in [-0.39, 0.29) is 0 Å². The molecule has 1 atom stereocenters. The number of hydrogen-bond donors (Lipinski definition) is 0. The largest absolute Gasteiger partial charge is 0.298 e. The monoisotopic (exact) mass is 244 g/mol. The van der Waals surface area contributed by atoms with E-state index >= 15 is 0 Å². The van der Waals surface area contributed by atoms with Crippen LogP contribution >= 0.6 is 0 Å². The third-order valence-corrected chi connectivity index (χ3v) is 4.39. The van der Waals surface area contributed by atoms with Crippen molar-refractivity contribution in [3.05, 3.63) is 18.0 Å². The Balaban J connectivity index is 1.62. The molecule has 0 aromatic carbocycles. The van der Waals surface area contributed by atoms with Gasteiger partial charge in [-0.2, -0.15) is 10.4 Å². The molecule has 1 aromatic heterocycles. The molecule has 1 saturated heterocycles. The van der Waals surface area contributed by atoms with Crippen molar-refractivity contribution in [2.24, 2.45) is 0 Å². The summed E-state index contributed by atoms with van der Waals surface area (Å²) in [6.07, 6.45) is 11.7. The minimum Gasteiger partial charge on any atom is -0.298 e. The van der Waals surface area contributed by atoms with Gasteiger partial charge in [-0.25, -0.2) is 0 Å². The summed E-state index contributed by atoms with van der Waals surface area (Å²) in [5.74, 6) is 0. The molecule has 1 unspecified atom stereocenters. The van der Waals surface area contributed by atoms with Crippen molar-refractivity contribution in [2.45, 2.75) is 50.6 Å². The van der Waals surface area contributed by atoms with Crippen molar-refractivity contribution in [1.29, 1.82) is 5.26 Å². The van der Waals surface area contributed by atoms with Gasteiger partial charge in [0.25, 0.3) is 0 Å². The van der Waals surface area contributed by atoms with E-state index in [1.807, 2.05) is 10.9 Å². The molecular weight excluding hydrogens is 224 g/mol. The first-order valence-electron chi connectivity index (χ1n) is 7.05. The second kappa shape index (κ2) is 5.11. The molecule has 0 N–H and O–H groups in total. The predicted molar refractivity (Wildman–Crippen MR) is 69.0 cm³/mol. The summed E-state index contributed by atoms with van der Waals surface area (Å²) in [7, 11) is 0. The summed E-state index contributed by atoms with van der Waals surface area (Å²) >= 11 is 0. The van der Waals surface area contributed by atoms with Gasteiger partial charge in [-0.15, -0.1) is 0 Å². The Kier molecular flexibility index (Phi) is 3.33. The van der Waals surface area contributed by atoms with E-state index in [0.717, 1.165) is 12.6 Å². The lowest BCUT2D eigenvalue weighted by atomic mass is 9.94. The van der Waals surface area contributed by atoms with Gasteiger partial charge in [0.05, 0.1) is 17.8 Å². The van der Waals surface area contributed by atoms with Crippen molar-refractivity contribution >= 4 is 0 Å². The van der Waals surface area contributed by atoms with Crippen molar-refractivity contribution < 1.29 is 0 Å². The number of rotatable bonds is 2. The van der Waals surface area contributed by atoms with E-state index in [1.165, 1.54) is 45.1 Å². The smallest absolute Gasteiger partial charge is 0.102 e. The highest BCUT2D eigenvalue weighted by Gasteiger charge is 2.30. The molecular formula is C14H20N4. The molecule has 2 aliphatic rings. The normalized spacial score (nSPS) is 26.3. The highest BCUT2D eigenvalue weighted by molar-refractivity contribution is 5.22. The summed E-state index contributed by atoms with van der Waals surface area (Å²) in [6.45, 7) is 2.30. The Bertz CT molecular complexity index is 439. The average molecular weight is 244 g/mol. The summed E-state index contributed by atoms with van der Waals surface area (Å²) in [6, 6.07) is 3.42. The number of nitriles is 1. The van der Waals surface area contributed by atoms with Crippen LogP contribution < -0.4 is 0 Å². The van der Waals surface area contributed by atoms with Gasteiger partial charge in [-0.1, -0.05) is 19.3 Å². The first-order valence-corrected chi connectivity index (χ1v) is 7.05. The van der Waals surface area contributed by atoms with Crippen LogP contribution in [0.25, 0.3) is 0 Å². The molecule has 1 saturated carbocycles. The van der Waals surface area contributed by atoms with Crippen LogP contribution in [0.5, 0.6) is 0 Å². The SMILES string of the molecule is N#Cc1cnn(C2CCN(C3CCCCC3)C2)c1. The van der Waals surface area contributed by atoms with Gasteiger partial charge in [-0.05, 0) is 19.3 Å². The van der Waals surface area contributed by atoms with Crippen LogP contribution in [0.1, 0.15) is 50.1 Å². The molecule has 2 heterocycles. The molecule has 4 heteroatoms. The maximum Gasteiger partial charge on any atom is 0.102 e. The molecule has 4 nitrogen and oxygen atoms in total. The van der Waals surface area contributed by atoms with Gasteiger partial charge in [0, 0.05) is 25.3 Å². The van der Waals surface area contributed by atoms with Crippen LogP contribution in [0, 0.1) is 11.3 Å². The van der Waals surface area contributed by atoms with Crippen molar-refractivity contribution in [1.82, 2.24) is 14.7 Å². The predicted octanol–water partition coefficient (Wildman–Crippen LogP) is 2.33. The summed E-state index contributed by atoms with van der Waals surface area (Å²) < 4.78 is 1.99. The van der Waals surface area contributed by atoms with Gasteiger partial charge in [0.1, 0.15) is 6.07 Å². The van der Waals surface area contributed by atoms with E-state index in [4.69, 9.17) is 5.26 Å². The van der Waals surface area contributed by atoms with Crippen LogP contribution in [0.4, 0.5) is 0 Å². The van der Waals surface area contributed by atoms with Crippen LogP contribution in [-0.2, 0) is 0 Å². The zero-order valence-corrected chi connectivity index (χ0v) is 10.8. The molecule has 1 aliphatic heterocycles. The molecule has 0 amide bonds. The number of likely N-dealkylation sites (tertiary alicyclic amines) is 1. The highest BCUT2D eigenvalue weighted by Crippen LogP contribution is 2.29. The number of aromatic nitrogens is 2. The Morgan fingerprint density at radius 2 is 2.00 bits per heavy atom. The van der Waals surface area contributed by atoms with E-state index in [1.54, 1.807) is 6.20 Å². The molecule has 96 valence electrons. The molecule has 0 bridgehead atoms. The van der Waals surface area contributed by atoms with Crippen molar-refractivity contribution in [3.63, 3.8) is 0 Å². The minimum atomic E-state index is 0.467. The third kappa shape index (κ3) is 2.28. The van der Waals surface area contributed by atoms with Gasteiger partial charge in [0.15, 0.2) is 0 Å². The van der Waals surface area contributed by atoms with Gasteiger partial charge < -0.3 is 0 Å². The van der Waals surface area contributed by atoms with Crippen molar-refractivity contribution in [2.75, 3.05) is 13.1 Å². The molecule has 0 radical (unpaired) electrons. The Hall–Kier alpha value is -1.34. The fourth-order valence-electron chi connectivity index (χ4n) is 3.36. The first-order chi connectivity index (χ1) is 8.86. The lowest BCUT2D eigenvalue weighted by Gasteiger charge is -2.30. The zero-order valence-electron chi connectivity index (χ0n) is 10.8. The molecule has 3 rings (SSSR count). The zero-order chi connectivity index (χ0) is 12.4. The fraction of sp³-hybridized carbons (Fsp3) is 0.714. The Labute approximate surface area is 108 Å². The van der Waals surface area contributed by atoms with Gasteiger partial charge >= 0.3 is 0 Å². The number of nitrogens with zero attached hydrogens (tertiary/aromatic N) is 4.